The molecule has 1 saturated carbocycles. The van der Waals surface area contributed by atoms with Crippen LogP contribution in [0.15, 0.2) is 21.4 Å². The lowest BCUT2D eigenvalue weighted by molar-refractivity contribution is 0.0944. The molecule has 0 aromatic carbocycles. The molecule has 2 rings (SSSR count). The van der Waals surface area contributed by atoms with Gasteiger partial charge >= 0.3 is 0 Å². The molecule has 0 saturated heterocycles. The minimum absolute atomic E-state index is 0.0683. The zero-order valence-electron chi connectivity index (χ0n) is 8.13. The molecule has 0 spiro atoms. The van der Waals surface area contributed by atoms with E-state index in [1.54, 1.807) is 6.07 Å². The van der Waals surface area contributed by atoms with Crippen LogP contribution in [-0.2, 0) is 0 Å². The monoisotopic (exact) mass is 257 g/mol. The molecule has 3 nitrogen and oxygen atoms in total. The summed E-state index contributed by atoms with van der Waals surface area (Å²) < 4.78 is 5.49. The molecule has 76 valence electrons. The predicted octanol–water partition coefficient (Wildman–Crippen LogP) is 2.57. The van der Waals surface area contributed by atoms with E-state index in [0.717, 1.165) is 6.42 Å². The van der Waals surface area contributed by atoms with E-state index in [1.807, 2.05) is 0 Å². The van der Waals surface area contributed by atoms with Gasteiger partial charge in [0.25, 0.3) is 5.91 Å². The summed E-state index contributed by atoms with van der Waals surface area (Å²) in [6.45, 7) is 4.28. The number of halogens is 1. The Morgan fingerprint density at radius 1 is 1.71 bits per heavy atom. The van der Waals surface area contributed by atoms with Gasteiger partial charge in [-0.1, -0.05) is 13.8 Å². The van der Waals surface area contributed by atoms with Crippen LogP contribution in [0.2, 0.25) is 0 Å². The highest BCUT2D eigenvalue weighted by Gasteiger charge is 2.46. The van der Waals surface area contributed by atoms with E-state index in [1.165, 1.54) is 6.26 Å². The second-order valence-corrected chi connectivity index (χ2v) is 5.05. The van der Waals surface area contributed by atoms with E-state index >= 15 is 0 Å². The predicted molar refractivity (Wildman–Crippen MR) is 56.1 cm³/mol. The Morgan fingerprint density at radius 3 is 2.79 bits per heavy atom. The molecule has 1 unspecified atom stereocenters. The molecule has 0 bridgehead atoms. The van der Waals surface area contributed by atoms with Crippen LogP contribution in [0.3, 0.4) is 0 Å². The molecule has 4 heteroatoms. The molecule has 0 aliphatic heterocycles. The smallest absolute Gasteiger partial charge is 0.255 e. The maximum atomic E-state index is 11.7. The molecule has 1 aliphatic carbocycles. The van der Waals surface area contributed by atoms with Crippen molar-refractivity contribution in [3.8, 4) is 0 Å². The van der Waals surface area contributed by atoms with Gasteiger partial charge < -0.3 is 9.73 Å². The van der Waals surface area contributed by atoms with Gasteiger partial charge in [-0.2, -0.15) is 0 Å². The van der Waals surface area contributed by atoms with Crippen LogP contribution >= 0.6 is 15.9 Å². The van der Waals surface area contributed by atoms with Crippen LogP contribution in [0.4, 0.5) is 0 Å². The van der Waals surface area contributed by atoms with E-state index in [0.29, 0.717) is 16.3 Å². The summed E-state index contributed by atoms with van der Waals surface area (Å²) in [5, 5.41) is 2.96. The van der Waals surface area contributed by atoms with Crippen molar-refractivity contribution in [2.75, 3.05) is 0 Å². The van der Waals surface area contributed by atoms with Gasteiger partial charge in [-0.05, 0) is 33.8 Å². The molecule has 1 aliphatic rings. The Hall–Kier alpha value is -0.770. The zero-order valence-corrected chi connectivity index (χ0v) is 9.72. The van der Waals surface area contributed by atoms with Crippen molar-refractivity contribution < 1.29 is 9.21 Å². The van der Waals surface area contributed by atoms with Crippen LogP contribution in [-0.4, -0.2) is 11.9 Å². The summed E-state index contributed by atoms with van der Waals surface area (Å²) >= 11 is 3.18. The molecule has 1 amide bonds. The fourth-order valence-electron chi connectivity index (χ4n) is 1.41. The lowest BCUT2D eigenvalue weighted by Crippen LogP contribution is -2.28. The van der Waals surface area contributed by atoms with Crippen LogP contribution < -0.4 is 5.32 Å². The highest BCUT2D eigenvalue weighted by molar-refractivity contribution is 9.10. The van der Waals surface area contributed by atoms with Gasteiger partial charge in [-0.15, -0.1) is 0 Å². The van der Waals surface area contributed by atoms with Gasteiger partial charge in [0.1, 0.15) is 0 Å². The second-order valence-electron chi connectivity index (χ2n) is 4.33. The zero-order chi connectivity index (χ0) is 10.3. The molecular formula is C10H12BrNO2. The maximum Gasteiger partial charge on any atom is 0.255 e. The van der Waals surface area contributed by atoms with E-state index < -0.39 is 0 Å². The highest BCUT2D eigenvalue weighted by atomic mass is 79.9. The molecular weight excluding hydrogens is 246 g/mol. The fourth-order valence-corrected chi connectivity index (χ4v) is 1.83. The molecule has 1 aromatic heterocycles. The Morgan fingerprint density at radius 2 is 2.36 bits per heavy atom. The van der Waals surface area contributed by atoms with E-state index in [2.05, 4.69) is 35.1 Å². The van der Waals surface area contributed by atoms with Crippen LogP contribution in [0.5, 0.6) is 0 Å². The second kappa shape index (κ2) is 3.12. The van der Waals surface area contributed by atoms with Crippen molar-refractivity contribution in [3.63, 3.8) is 0 Å². The third-order valence-electron chi connectivity index (χ3n) is 2.68. The van der Waals surface area contributed by atoms with Crippen LogP contribution in [0.1, 0.15) is 30.6 Å². The Balaban J connectivity index is 2.01. The van der Waals surface area contributed by atoms with Crippen molar-refractivity contribution >= 4 is 21.8 Å². The summed E-state index contributed by atoms with van der Waals surface area (Å²) in [5.74, 6) is -0.0683. The summed E-state index contributed by atoms with van der Waals surface area (Å²) in [7, 11) is 0. The van der Waals surface area contributed by atoms with Crippen LogP contribution in [0.25, 0.3) is 0 Å². The third-order valence-corrected chi connectivity index (χ3v) is 3.30. The topological polar surface area (TPSA) is 42.2 Å². The van der Waals surface area contributed by atoms with Gasteiger partial charge in [0.15, 0.2) is 4.67 Å². The van der Waals surface area contributed by atoms with Gasteiger partial charge in [0.2, 0.25) is 0 Å². The number of hydrogen-bond donors (Lipinski definition) is 1. The normalized spacial score (nSPS) is 23.2. The number of carbonyl (C=O) groups excluding carboxylic acids is 1. The molecule has 0 radical (unpaired) electrons. The van der Waals surface area contributed by atoms with E-state index in [4.69, 9.17) is 4.42 Å². The average molecular weight is 258 g/mol. The first-order chi connectivity index (χ1) is 6.50. The first-order valence-electron chi connectivity index (χ1n) is 4.54. The molecule has 1 aromatic rings. The lowest BCUT2D eigenvalue weighted by atomic mass is 10.2. The standard InChI is InChI=1S/C10H12BrNO2/c1-10(2)5-7(10)12-9(13)6-3-4-14-8(6)11/h3-4,7H,5H2,1-2H3,(H,12,13). The largest absolute Gasteiger partial charge is 0.457 e. The van der Waals surface area contributed by atoms with Crippen molar-refractivity contribution in [1.82, 2.24) is 5.32 Å². The van der Waals surface area contributed by atoms with Crippen molar-refractivity contribution in [3.05, 3.63) is 22.6 Å². The number of amides is 1. The molecule has 14 heavy (non-hydrogen) atoms. The van der Waals surface area contributed by atoms with Gasteiger partial charge in [-0.3, -0.25) is 4.79 Å². The van der Waals surface area contributed by atoms with Gasteiger partial charge in [0.05, 0.1) is 11.8 Å². The van der Waals surface area contributed by atoms with Crippen LogP contribution in [0, 0.1) is 5.41 Å². The van der Waals surface area contributed by atoms with Crippen molar-refractivity contribution in [2.45, 2.75) is 26.3 Å². The first-order valence-corrected chi connectivity index (χ1v) is 5.34. The summed E-state index contributed by atoms with van der Waals surface area (Å²) in [6, 6.07) is 1.96. The Bertz CT molecular complexity index is 370. The number of carbonyl (C=O) groups is 1. The minimum Gasteiger partial charge on any atom is -0.457 e. The summed E-state index contributed by atoms with van der Waals surface area (Å²) in [6.07, 6.45) is 2.55. The lowest BCUT2D eigenvalue weighted by Gasteiger charge is -2.05. The third kappa shape index (κ3) is 1.71. The number of furan rings is 1. The van der Waals surface area contributed by atoms with Crippen molar-refractivity contribution in [1.29, 1.82) is 0 Å². The number of nitrogens with one attached hydrogen (secondary N) is 1. The molecule has 1 atom stereocenters. The van der Waals surface area contributed by atoms with Crippen molar-refractivity contribution in [2.24, 2.45) is 5.41 Å². The SMILES string of the molecule is CC1(C)CC1NC(=O)c1ccoc1Br. The minimum atomic E-state index is -0.0683. The van der Waals surface area contributed by atoms with E-state index in [9.17, 15) is 4.79 Å². The first kappa shape index (κ1) is 9.77. The highest BCUT2D eigenvalue weighted by Crippen LogP contribution is 2.44. The summed E-state index contributed by atoms with van der Waals surface area (Å²) in [5.41, 5.74) is 0.819. The number of hydrogen-bond acceptors (Lipinski definition) is 2. The Labute approximate surface area is 91.0 Å². The molecule has 1 N–H and O–H groups in total. The summed E-state index contributed by atoms with van der Waals surface area (Å²) in [4.78, 5) is 11.7. The quantitative estimate of drug-likeness (QED) is 0.885. The fraction of sp³-hybridized carbons (Fsp3) is 0.500. The molecule has 1 fully saturated rings. The van der Waals surface area contributed by atoms with E-state index in [-0.39, 0.29) is 11.3 Å². The molecule has 1 heterocycles. The van der Waals surface area contributed by atoms with Gasteiger partial charge in [-0.25, -0.2) is 0 Å². The van der Waals surface area contributed by atoms with Gasteiger partial charge in [0, 0.05) is 6.04 Å². The Kier molecular flexibility index (Phi) is 2.18. The number of rotatable bonds is 2. The average Bonchev–Trinajstić information content (AvgIpc) is 2.53. The maximum absolute atomic E-state index is 11.7.